The Labute approximate surface area is 137 Å². The summed E-state index contributed by atoms with van der Waals surface area (Å²) in [6.07, 6.45) is 0.638. The van der Waals surface area contributed by atoms with E-state index in [1.54, 1.807) is 0 Å². The second kappa shape index (κ2) is 7.08. The molecule has 0 aliphatic carbocycles. The van der Waals surface area contributed by atoms with Crippen LogP contribution in [0.25, 0.3) is 0 Å². The minimum absolute atomic E-state index is 0.0118. The van der Waals surface area contributed by atoms with Crippen LogP contribution in [0.2, 0.25) is 5.02 Å². The molecule has 0 unspecified atom stereocenters. The Hall–Kier alpha value is -1.29. The molecule has 1 fully saturated rings. The van der Waals surface area contributed by atoms with Gasteiger partial charge in [0.05, 0.1) is 5.02 Å². The first kappa shape index (κ1) is 18.1. The van der Waals surface area contributed by atoms with Gasteiger partial charge < -0.3 is 5.32 Å². The molecule has 10 heteroatoms. The van der Waals surface area contributed by atoms with Gasteiger partial charge in [-0.25, -0.2) is 13.9 Å². The minimum Gasteiger partial charge on any atom is -0.352 e. The van der Waals surface area contributed by atoms with Gasteiger partial charge in [0.15, 0.2) is 0 Å². The maximum absolute atomic E-state index is 13.6. The summed E-state index contributed by atoms with van der Waals surface area (Å²) in [5, 5.41) is 7.21. The molecular weight excluding hydrogens is 352 g/mol. The highest BCUT2D eigenvalue weighted by atomic mass is 35.5. The number of halogens is 3. The molecule has 0 aromatic heterocycles. The Morgan fingerprint density at radius 3 is 2.48 bits per heavy atom. The maximum atomic E-state index is 13.6. The SMILES string of the molecule is NS(=O)(=O)N1CCC(C(=O)NCc2cc(F)c(Cl)cc2F)CC1. The van der Waals surface area contributed by atoms with E-state index in [9.17, 15) is 22.0 Å². The Bertz CT molecular complexity index is 707. The first-order chi connectivity index (χ1) is 10.7. The summed E-state index contributed by atoms with van der Waals surface area (Å²) in [5.74, 6) is -2.21. The Balaban J connectivity index is 1.90. The van der Waals surface area contributed by atoms with E-state index in [0.717, 1.165) is 16.4 Å². The fourth-order valence-corrected chi connectivity index (χ4v) is 3.27. The van der Waals surface area contributed by atoms with Crippen LogP contribution in [0.4, 0.5) is 8.78 Å². The highest BCUT2D eigenvalue weighted by molar-refractivity contribution is 7.86. The van der Waals surface area contributed by atoms with Crippen LogP contribution in [0.15, 0.2) is 12.1 Å². The van der Waals surface area contributed by atoms with Gasteiger partial charge in [-0.2, -0.15) is 12.7 Å². The normalized spacial score (nSPS) is 17.2. The molecule has 2 rings (SSSR count). The molecule has 6 nitrogen and oxygen atoms in total. The van der Waals surface area contributed by atoms with E-state index in [1.165, 1.54) is 0 Å². The molecule has 0 spiro atoms. The standard InChI is InChI=1S/C13H16ClF2N3O3S/c14-10-6-11(15)9(5-12(10)16)7-18-13(20)8-1-3-19(4-2-8)23(17,21)22/h5-6,8H,1-4,7H2,(H,18,20)(H2,17,21,22). The van der Waals surface area contributed by atoms with Gasteiger partial charge in [0.25, 0.3) is 10.2 Å². The molecule has 1 aliphatic rings. The van der Waals surface area contributed by atoms with Crippen molar-refractivity contribution in [3.05, 3.63) is 34.4 Å². The zero-order chi connectivity index (χ0) is 17.2. The zero-order valence-corrected chi connectivity index (χ0v) is 13.6. The van der Waals surface area contributed by atoms with E-state index in [4.69, 9.17) is 16.7 Å². The number of amides is 1. The summed E-state index contributed by atoms with van der Waals surface area (Å²) in [6.45, 7) is 0.135. The van der Waals surface area contributed by atoms with Crippen molar-refractivity contribution in [2.45, 2.75) is 19.4 Å². The minimum atomic E-state index is -3.75. The second-order valence-corrected chi connectivity index (χ2v) is 7.25. The fourth-order valence-electron chi connectivity index (χ4n) is 2.40. The molecule has 0 saturated carbocycles. The zero-order valence-electron chi connectivity index (χ0n) is 12.1. The summed E-state index contributed by atoms with van der Waals surface area (Å²) in [7, 11) is -3.75. The third-order valence-electron chi connectivity index (χ3n) is 3.73. The van der Waals surface area contributed by atoms with Crippen LogP contribution < -0.4 is 10.5 Å². The predicted octanol–water partition coefficient (Wildman–Crippen LogP) is 1.15. The van der Waals surface area contributed by atoms with E-state index < -0.39 is 27.8 Å². The number of hydrogen-bond donors (Lipinski definition) is 2. The Kier molecular flexibility index (Phi) is 5.56. The van der Waals surface area contributed by atoms with Gasteiger partial charge in [-0.05, 0) is 25.0 Å². The molecule has 1 aliphatic heterocycles. The summed E-state index contributed by atoms with van der Waals surface area (Å²) >= 11 is 5.45. The maximum Gasteiger partial charge on any atom is 0.276 e. The van der Waals surface area contributed by atoms with E-state index >= 15 is 0 Å². The molecule has 1 heterocycles. The van der Waals surface area contributed by atoms with Crippen LogP contribution in [-0.4, -0.2) is 31.7 Å². The molecular formula is C13H16ClF2N3O3S. The topological polar surface area (TPSA) is 92.5 Å². The van der Waals surface area contributed by atoms with Crippen molar-refractivity contribution in [3.63, 3.8) is 0 Å². The third-order valence-corrected chi connectivity index (χ3v) is 5.10. The van der Waals surface area contributed by atoms with Crippen LogP contribution in [-0.2, 0) is 21.5 Å². The molecule has 23 heavy (non-hydrogen) atoms. The van der Waals surface area contributed by atoms with Gasteiger partial charge in [0.2, 0.25) is 5.91 Å². The molecule has 0 radical (unpaired) electrons. The number of nitrogens with one attached hydrogen (secondary N) is 1. The average Bonchev–Trinajstić information content (AvgIpc) is 2.48. The molecule has 1 amide bonds. The summed E-state index contributed by atoms with van der Waals surface area (Å²) in [5.41, 5.74) is -0.0118. The largest absolute Gasteiger partial charge is 0.352 e. The number of benzene rings is 1. The van der Waals surface area contributed by atoms with Gasteiger partial charge in [-0.1, -0.05) is 11.6 Å². The van der Waals surface area contributed by atoms with Crippen molar-refractivity contribution in [1.82, 2.24) is 9.62 Å². The van der Waals surface area contributed by atoms with Gasteiger partial charge in [0.1, 0.15) is 11.6 Å². The molecule has 1 aromatic carbocycles. The quantitative estimate of drug-likeness (QED) is 0.782. The van der Waals surface area contributed by atoms with E-state index in [1.807, 2.05) is 0 Å². The van der Waals surface area contributed by atoms with Gasteiger partial charge in [-0.3, -0.25) is 4.79 Å². The lowest BCUT2D eigenvalue weighted by Crippen LogP contribution is -2.45. The smallest absolute Gasteiger partial charge is 0.276 e. The average molecular weight is 368 g/mol. The number of nitrogens with two attached hydrogens (primary N) is 1. The van der Waals surface area contributed by atoms with E-state index in [2.05, 4.69) is 5.32 Å². The van der Waals surface area contributed by atoms with Crippen molar-refractivity contribution in [2.24, 2.45) is 11.1 Å². The first-order valence-electron chi connectivity index (χ1n) is 6.87. The summed E-state index contributed by atoms with van der Waals surface area (Å²) < 4.78 is 50.4. The molecule has 1 aromatic rings. The number of rotatable bonds is 4. The van der Waals surface area contributed by atoms with Gasteiger partial charge >= 0.3 is 0 Å². The van der Waals surface area contributed by atoms with Gasteiger partial charge in [0, 0.05) is 31.1 Å². The molecule has 3 N–H and O–H groups in total. The van der Waals surface area contributed by atoms with E-state index in [0.29, 0.717) is 12.8 Å². The molecule has 0 atom stereocenters. The Morgan fingerprint density at radius 1 is 1.30 bits per heavy atom. The van der Waals surface area contributed by atoms with Crippen LogP contribution >= 0.6 is 11.6 Å². The number of hydrogen-bond acceptors (Lipinski definition) is 3. The lowest BCUT2D eigenvalue weighted by molar-refractivity contribution is -0.126. The molecule has 0 bridgehead atoms. The molecule has 1 saturated heterocycles. The number of carbonyl (C=O) groups is 1. The number of nitrogens with zero attached hydrogens (tertiary/aromatic N) is 1. The van der Waals surface area contributed by atoms with Crippen molar-refractivity contribution >= 4 is 27.7 Å². The molecule has 128 valence electrons. The van der Waals surface area contributed by atoms with Crippen LogP contribution in [0, 0.1) is 17.6 Å². The van der Waals surface area contributed by atoms with Crippen molar-refractivity contribution in [1.29, 1.82) is 0 Å². The van der Waals surface area contributed by atoms with Crippen molar-refractivity contribution in [3.8, 4) is 0 Å². The second-order valence-electron chi connectivity index (χ2n) is 5.29. The van der Waals surface area contributed by atoms with Crippen LogP contribution in [0.1, 0.15) is 18.4 Å². The highest BCUT2D eigenvalue weighted by Crippen LogP contribution is 2.21. The monoisotopic (exact) mass is 367 g/mol. The first-order valence-corrected chi connectivity index (χ1v) is 8.75. The van der Waals surface area contributed by atoms with Crippen molar-refractivity contribution in [2.75, 3.05) is 13.1 Å². The van der Waals surface area contributed by atoms with Gasteiger partial charge in [-0.15, -0.1) is 0 Å². The van der Waals surface area contributed by atoms with Crippen LogP contribution in [0.5, 0.6) is 0 Å². The predicted molar refractivity (Wildman–Crippen MR) is 80.6 cm³/mol. The number of carbonyl (C=O) groups excluding carboxylic acids is 1. The van der Waals surface area contributed by atoms with Crippen molar-refractivity contribution < 1.29 is 22.0 Å². The highest BCUT2D eigenvalue weighted by Gasteiger charge is 2.29. The Morgan fingerprint density at radius 2 is 1.91 bits per heavy atom. The van der Waals surface area contributed by atoms with Crippen LogP contribution in [0.3, 0.4) is 0 Å². The summed E-state index contributed by atoms with van der Waals surface area (Å²) in [4.78, 5) is 12.0. The lowest BCUT2D eigenvalue weighted by atomic mass is 9.97. The number of piperidine rings is 1. The third kappa shape index (κ3) is 4.60. The lowest BCUT2D eigenvalue weighted by Gasteiger charge is -2.29. The summed E-state index contributed by atoms with van der Waals surface area (Å²) in [6, 6.07) is 1.78. The fraction of sp³-hybridized carbons (Fsp3) is 0.462. The van der Waals surface area contributed by atoms with E-state index in [-0.39, 0.29) is 36.1 Å².